The molecule has 0 unspecified atom stereocenters. The van der Waals surface area contributed by atoms with E-state index in [-0.39, 0.29) is 5.41 Å². The van der Waals surface area contributed by atoms with Crippen molar-refractivity contribution in [2.24, 2.45) is 0 Å². The highest BCUT2D eigenvalue weighted by atomic mass is 15.1. The zero-order chi connectivity index (χ0) is 51.5. The van der Waals surface area contributed by atoms with Gasteiger partial charge in [-0.3, -0.25) is 0 Å². The highest BCUT2D eigenvalue weighted by Crippen LogP contribution is 2.52. The van der Waals surface area contributed by atoms with Gasteiger partial charge >= 0.3 is 0 Å². The van der Waals surface area contributed by atoms with Crippen molar-refractivity contribution in [2.75, 3.05) is 4.90 Å². The molecule has 0 spiro atoms. The van der Waals surface area contributed by atoms with Crippen molar-refractivity contribution in [2.45, 2.75) is 19.3 Å². The summed E-state index contributed by atoms with van der Waals surface area (Å²) in [7, 11) is 0. The zero-order valence-electron chi connectivity index (χ0n) is 43.1. The first-order valence-electron chi connectivity index (χ1n) is 26.7. The van der Waals surface area contributed by atoms with Gasteiger partial charge in [0.2, 0.25) is 0 Å². The minimum absolute atomic E-state index is 0.140. The number of aromatic nitrogens is 1. The van der Waals surface area contributed by atoms with E-state index in [1.807, 2.05) is 0 Å². The van der Waals surface area contributed by atoms with Crippen molar-refractivity contribution in [1.82, 2.24) is 4.57 Å². The van der Waals surface area contributed by atoms with Gasteiger partial charge in [0.25, 0.3) is 0 Å². The van der Waals surface area contributed by atoms with Crippen LogP contribution in [-0.4, -0.2) is 4.57 Å². The molecule has 12 aromatic carbocycles. The molecule has 2 heteroatoms. The van der Waals surface area contributed by atoms with Crippen LogP contribution in [0.15, 0.2) is 291 Å². The molecular weight excluding hydrogens is 929 g/mol. The van der Waals surface area contributed by atoms with Crippen molar-refractivity contribution in [3.05, 3.63) is 302 Å². The molecule has 1 aliphatic rings. The molecule has 14 rings (SSSR count). The summed E-state index contributed by atoms with van der Waals surface area (Å²) in [5.74, 6) is 0. The molecule has 1 aromatic heterocycles. The van der Waals surface area contributed by atoms with Crippen LogP contribution in [0.3, 0.4) is 0 Å². The smallest absolute Gasteiger partial charge is 0.0541 e. The minimum atomic E-state index is -0.140. The molecule has 364 valence electrons. The van der Waals surface area contributed by atoms with E-state index in [0.29, 0.717) is 0 Å². The molecule has 1 heterocycles. The van der Waals surface area contributed by atoms with E-state index in [9.17, 15) is 0 Å². The molecule has 0 bridgehead atoms. The summed E-state index contributed by atoms with van der Waals surface area (Å²) in [5, 5.41) is 2.49. The third kappa shape index (κ3) is 8.14. The van der Waals surface area contributed by atoms with Gasteiger partial charge in [-0.1, -0.05) is 232 Å². The zero-order valence-corrected chi connectivity index (χ0v) is 43.1. The number of rotatable bonds is 10. The lowest BCUT2D eigenvalue weighted by Gasteiger charge is -2.30. The standard InChI is InChI=1S/C75H54N2/c1-75(2)70-26-16-15-25-65(70)66-43-42-64(50-71(66)75)76(72-44-35-59(51-17-7-3-8-18-51)47-67(72)58-23-13-6-14-24-58)62-38-31-56(32-39-62)54-27-29-55(30-28-54)57-33-40-63(41-34-57)77-73-45-36-60(52-19-9-4-10-20-52)48-68(73)69-49-61(37-46-74(69)77)53-21-11-5-12-22-53/h3-50H,1-2H3. The lowest BCUT2D eigenvalue weighted by atomic mass is 9.82. The average Bonchev–Trinajstić information content (AvgIpc) is 4.09. The molecule has 0 aliphatic heterocycles. The van der Waals surface area contributed by atoms with Crippen molar-refractivity contribution in [3.63, 3.8) is 0 Å². The number of hydrogen-bond donors (Lipinski definition) is 0. The van der Waals surface area contributed by atoms with Gasteiger partial charge in [0.15, 0.2) is 0 Å². The van der Waals surface area contributed by atoms with E-state index in [1.54, 1.807) is 0 Å². The molecule has 0 radical (unpaired) electrons. The van der Waals surface area contributed by atoms with E-state index in [0.717, 1.165) is 22.7 Å². The summed E-state index contributed by atoms with van der Waals surface area (Å²) >= 11 is 0. The van der Waals surface area contributed by atoms with Gasteiger partial charge in [-0.15, -0.1) is 0 Å². The lowest BCUT2D eigenvalue weighted by molar-refractivity contribution is 0.660. The first-order valence-corrected chi connectivity index (χ1v) is 26.7. The second-order valence-corrected chi connectivity index (χ2v) is 20.9. The molecule has 0 N–H and O–H groups in total. The lowest BCUT2D eigenvalue weighted by Crippen LogP contribution is -2.17. The normalized spacial score (nSPS) is 12.4. The Kier molecular flexibility index (Phi) is 11.2. The van der Waals surface area contributed by atoms with Crippen LogP contribution in [0.4, 0.5) is 17.1 Å². The fourth-order valence-electron chi connectivity index (χ4n) is 12.0. The van der Waals surface area contributed by atoms with E-state index in [4.69, 9.17) is 0 Å². The molecule has 0 saturated carbocycles. The summed E-state index contributed by atoms with van der Waals surface area (Å²) in [6, 6.07) is 107. The van der Waals surface area contributed by atoms with Crippen LogP contribution >= 0.6 is 0 Å². The molecule has 1 aliphatic carbocycles. The Morgan fingerprint density at radius 1 is 0.273 bits per heavy atom. The van der Waals surface area contributed by atoms with Crippen molar-refractivity contribution < 1.29 is 0 Å². The fraction of sp³-hybridized carbons (Fsp3) is 0.0400. The predicted molar refractivity (Wildman–Crippen MR) is 326 cm³/mol. The average molecular weight is 983 g/mol. The van der Waals surface area contributed by atoms with Crippen LogP contribution in [0.5, 0.6) is 0 Å². The Bertz CT molecular complexity index is 4190. The van der Waals surface area contributed by atoms with Crippen molar-refractivity contribution in [1.29, 1.82) is 0 Å². The van der Waals surface area contributed by atoms with Gasteiger partial charge in [-0.2, -0.15) is 0 Å². The maximum absolute atomic E-state index is 2.45. The monoisotopic (exact) mass is 982 g/mol. The maximum Gasteiger partial charge on any atom is 0.0541 e. The molecule has 0 amide bonds. The summed E-state index contributed by atoms with van der Waals surface area (Å²) in [4.78, 5) is 2.45. The third-order valence-corrected chi connectivity index (χ3v) is 16.0. The predicted octanol–water partition coefficient (Wildman–Crippen LogP) is 20.6. The van der Waals surface area contributed by atoms with Gasteiger partial charge in [0, 0.05) is 38.8 Å². The minimum Gasteiger partial charge on any atom is -0.310 e. The number of anilines is 3. The Labute approximate surface area is 451 Å². The molecular formula is C75H54N2. The number of fused-ring (bicyclic) bond motifs is 6. The maximum atomic E-state index is 2.45. The van der Waals surface area contributed by atoms with Crippen LogP contribution in [-0.2, 0) is 5.41 Å². The van der Waals surface area contributed by atoms with Crippen LogP contribution < -0.4 is 4.90 Å². The van der Waals surface area contributed by atoms with Gasteiger partial charge in [0.1, 0.15) is 0 Å². The van der Waals surface area contributed by atoms with Gasteiger partial charge in [-0.25, -0.2) is 0 Å². The van der Waals surface area contributed by atoms with Crippen LogP contribution in [0.25, 0.3) is 105 Å². The summed E-state index contributed by atoms with van der Waals surface area (Å²) in [5.41, 5.74) is 26.4. The molecule has 2 nitrogen and oxygen atoms in total. The topological polar surface area (TPSA) is 8.17 Å². The van der Waals surface area contributed by atoms with E-state index < -0.39 is 0 Å². The number of benzene rings is 12. The van der Waals surface area contributed by atoms with E-state index in [1.165, 1.54) is 111 Å². The Balaban J connectivity index is 0.802. The molecule has 0 saturated heterocycles. The van der Waals surface area contributed by atoms with Gasteiger partial charge in [-0.05, 0) is 156 Å². The molecule has 0 fully saturated rings. The number of hydrogen-bond acceptors (Lipinski definition) is 1. The highest BCUT2D eigenvalue weighted by molar-refractivity contribution is 6.11. The second-order valence-electron chi connectivity index (χ2n) is 20.9. The van der Waals surface area contributed by atoms with Crippen molar-refractivity contribution in [3.8, 4) is 83.6 Å². The van der Waals surface area contributed by atoms with Crippen LogP contribution in [0.1, 0.15) is 25.0 Å². The first-order chi connectivity index (χ1) is 37.9. The highest BCUT2D eigenvalue weighted by Gasteiger charge is 2.36. The summed E-state index contributed by atoms with van der Waals surface area (Å²) in [6.07, 6.45) is 0. The molecule has 0 atom stereocenters. The van der Waals surface area contributed by atoms with E-state index in [2.05, 4.69) is 315 Å². The van der Waals surface area contributed by atoms with Crippen LogP contribution in [0.2, 0.25) is 0 Å². The molecule has 13 aromatic rings. The fourth-order valence-corrected chi connectivity index (χ4v) is 12.0. The van der Waals surface area contributed by atoms with Gasteiger partial charge in [0.05, 0.1) is 16.7 Å². The third-order valence-electron chi connectivity index (χ3n) is 16.0. The number of nitrogens with zero attached hydrogens (tertiary/aromatic N) is 2. The Hall–Kier alpha value is -9.76. The van der Waals surface area contributed by atoms with Gasteiger partial charge < -0.3 is 9.47 Å². The first kappa shape index (κ1) is 45.8. The van der Waals surface area contributed by atoms with Crippen LogP contribution in [0, 0.1) is 0 Å². The Morgan fingerprint density at radius 3 is 1.19 bits per heavy atom. The summed E-state index contributed by atoms with van der Waals surface area (Å²) < 4.78 is 2.41. The Morgan fingerprint density at radius 2 is 0.662 bits per heavy atom. The van der Waals surface area contributed by atoms with Crippen molar-refractivity contribution >= 4 is 38.9 Å². The second kappa shape index (κ2) is 18.9. The largest absolute Gasteiger partial charge is 0.310 e. The SMILES string of the molecule is CC1(C)c2ccccc2-c2ccc(N(c3ccc(-c4ccc(-c5ccc(-n6c7ccc(-c8ccccc8)cc7c7cc(-c8ccccc8)ccc76)cc5)cc4)cc3)c3ccc(-c4ccccc4)cc3-c3ccccc3)cc21. The summed E-state index contributed by atoms with van der Waals surface area (Å²) in [6.45, 7) is 4.72. The molecule has 77 heavy (non-hydrogen) atoms. The quantitative estimate of drug-likeness (QED) is 0.133. The van der Waals surface area contributed by atoms with E-state index >= 15 is 0 Å².